The molecule has 2 aliphatic rings. The van der Waals surface area contributed by atoms with E-state index in [-0.39, 0.29) is 6.04 Å². The van der Waals surface area contributed by atoms with Crippen LogP contribution in [0.4, 0.5) is 0 Å². The van der Waals surface area contributed by atoms with E-state index < -0.39 is 0 Å². The van der Waals surface area contributed by atoms with Gasteiger partial charge in [-0.1, -0.05) is 32.1 Å². The molecule has 3 heteroatoms. The van der Waals surface area contributed by atoms with Crippen LogP contribution in [0.1, 0.15) is 64.7 Å². The second-order valence-corrected chi connectivity index (χ2v) is 6.56. The number of piperidine rings is 1. The first-order chi connectivity index (χ1) is 9.18. The van der Waals surface area contributed by atoms with Crippen molar-refractivity contribution in [1.82, 2.24) is 4.90 Å². The molecular weight excluding hydrogens is 236 g/mol. The summed E-state index contributed by atoms with van der Waals surface area (Å²) in [5.41, 5.74) is 5.97. The Labute approximate surface area is 117 Å². The lowest BCUT2D eigenvalue weighted by Gasteiger charge is -2.36. The van der Waals surface area contributed by atoms with Gasteiger partial charge in [-0.2, -0.15) is 0 Å². The van der Waals surface area contributed by atoms with Crippen LogP contribution < -0.4 is 5.73 Å². The van der Waals surface area contributed by atoms with E-state index in [2.05, 4.69) is 11.8 Å². The molecule has 0 aromatic carbocycles. The summed E-state index contributed by atoms with van der Waals surface area (Å²) >= 11 is 0. The summed E-state index contributed by atoms with van der Waals surface area (Å²) in [6, 6.07) is 0.277. The maximum atomic E-state index is 12.6. The van der Waals surface area contributed by atoms with Gasteiger partial charge in [0.1, 0.15) is 0 Å². The van der Waals surface area contributed by atoms with Gasteiger partial charge in [-0.25, -0.2) is 0 Å². The average Bonchev–Trinajstić information content (AvgIpc) is 2.38. The fourth-order valence-electron chi connectivity index (χ4n) is 3.61. The quantitative estimate of drug-likeness (QED) is 0.835. The molecule has 0 aromatic rings. The number of carbonyl (C=O) groups is 1. The van der Waals surface area contributed by atoms with E-state index in [0.29, 0.717) is 17.7 Å². The van der Waals surface area contributed by atoms with Crippen molar-refractivity contribution in [2.75, 3.05) is 13.1 Å². The largest absolute Gasteiger partial charge is 0.342 e. The van der Waals surface area contributed by atoms with Gasteiger partial charge in [-0.05, 0) is 38.5 Å². The van der Waals surface area contributed by atoms with Crippen LogP contribution in [0.5, 0.6) is 0 Å². The molecule has 1 saturated heterocycles. The van der Waals surface area contributed by atoms with E-state index in [1.54, 1.807) is 0 Å². The predicted octanol–water partition coefficient (Wildman–Crippen LogP) is 2.93. The number of nitrogens with two attached hydrogens (primary N) is 1. The highest BCUT2D eigenvalue weighted by Crippen LogP contribution is 2.26. The molecule has 1 aliphatic carbocycles. The fraction of sp³-hybridized carbons (Fsp3) is 0.938. The number of amides is 1. The molecular formula is C16H30N2O. The Hall–Kier alpha value is -0.570. The Morgan fingerprint density at radius 1 is 1.00 bits per heavy atom. The normalized spacial score (nSPS) is 25.7. The molecule has 1 heterocycles. The second kappa shape index (κ2) is 7.28. The fourth-order valence-corrected chi connectivity index (χ4v) is 3.61. The topological polar surface area (TPSA) is 46.3 Å². The standard InChI is InChI=1S/C16H30N2O/c1-13(17)14-9-11-18(12-10-14)16(19)15-7-5-3-2-4-6-8-15/h13-15H,2-12,17H2,1H3. The van der Waals surface area contributed by atoms with Crippen molar-refractivity contribution in [2.45, 2.75) is 70.8 Å². The molecule has 110 valence electrons. The zero-order chi connectivity index (χ0) is 13.7. The lowest BCUT2D eigenvalue weighted by molar-refractivity contribution is -0.137. The van der Waals surface area contributed by atoms with Gasteiger partial charge >= 0.3 is 0 Å². The molecule has 0 aromatic heterocycles. The van der Waals surface area contributed by atoms with Gasteiger partial charge in [0, 0.05) is 25.0 Å². The molecule has 1 atom stereocenters. The lowest BCUT2D eigenvalue weighted by Crippen LogP contribution is -2.44. The molecule has 1 saturated carbocycles. The van der Waals surface area contributed by atoms with Gasteiger partial charge in [-0.3, -0.25) is 4.79 Å². The third-order valence-electron chi connectivity index (χ3n) is 5.05. The van der Waals surface area contributed by atoms with Crippen LogP contribution >= 0.6 is 0 Å². The summed E-state index contributed by atoms with van der Waals surface area (Å²) in [4.78, 5) is 14.7. The highest BCUT2D eigenvalue weighted by molar-refractivity contribution is 5.78. The minimum absolute atomic E-state index is 0.277. The number of hydrogen-bond donors (Lipinski definition) is 1. The smallest absolute Gasteiger partial charge is 0.225 e. The van der Waals surface area contributed by atoms with Crippen molar-refractivity contribution < 1.29 is 4.79 Å². The van der Waals surface area contributed by atoms with Crippen LogP contribution in [0.15, 0.2) is 0 Å². The van der Waals surface area contributed by atoms with Crippen molar-refractivity contribution >= 4 is 5.91 Å². The Bertz CT molecular complexity index is 274. The van der Waals surface area contributed by atoms with Crippen LogP contribution in [-0.4, -0.2) is 29.9 Å². The first-order valence-electron chi connectivity index (χ1n) is 8.23. The van der Waals surface area contributed by atoms with Gasteiger partial charge in [0.05, 0.1) is 0 Å². The molecule has 0 radical (unpaired) electrons. The van der Waals surface area contributed by atoms with Crippen LogP contribution in [-0.2, 0) is 4.79 Å². The van der Waals surface area contributed by atoms with Crippen LogP contribution in [0.3, 0.4) is 0 Å². The van der Waals surface area contributed by atoms with E-state index in [9.17, 15) is 4.79 Å². The predicted molar refractivity (Wildman–Crippen MR) is 78.8 cm³/mol. The van der Waals surface area contributed by atoms with Crippen LogP contribution in [0, 0.1) is 11.8 Å². The van der Waals surface area contributed by atoms with Gasteiger partial charge in [0.25, 0.3) is 0 Å². The van der Waals surface area contributed by atoms with Gasteiger partial charge in [0.15, 0.2) is 0 Å². The molecule has 2 N–H and O–H groups in total. The summed E-state index contributed by atoms with van der Waals surface area (Å²) in [6.45, 7) is 3.96. The Morgan fingerprint density at radius 3 is 2.05 bits per heavy atom. The molecule has 3 nitrogen and oxygen atoms in total. The Kier molecular flexibility index (Phi) is 5.68. The summed E-state index contributed by atoms with van der Waals surface area (Å²) in [7, 11) is 0. The zero-order valence-corrected chi connectivity index (χ0v) is 12.4. The van der Waals surface area contributed by atoms with Crippen molar-refractivity contribution in [3.8, 4) is 0 Å². The zero-order valence-electron chi connectivity index (χ0n) is 12.4. The number of likely N-dealkylation sites (tertiary alicyclic amines) is 1. The molecule has 2 rings (SSSR count). The van der Waals surface area contributed by atoms with E-state index >= 15 is 0 Å². The molecule has 2 fully saturated rings. The van der Waals surface area contributed by atoms with Gasteiger partial charge in [0.2, 0.25) is 5.91 Å². The number of carbonyl (C=O) groups excluding carboxylic acids is 1. The highest BCUT2D eigenvalue weighted by Gasteiger charge is 2.29. The molecule has 1 unspecified atom stereocenters. The third kappa shape index (κ3) is 4.20. The first kappa shape index (κ1) is 14.8. The third-order valence-corrected chi connectivity index (χ3v) is 5.05. The van der Waals surface area contributed by atoms with Gasteiger partial charge in [-0.15, -0.1) is 0 Å². The highest BCUT2D eigenvalue weighted by atomic mass is 16.2. The van der Waals surface area contributed by atoms with Crippen LogP contribution in [0.2, 0.25) is 0 Å². The monoisotopic (exact) mass is 266 g/mol. The molecule has 1 aliphatic heterocycles. The maximum absolute atomic E-state index is 12.6. The summed E-state index contributed by atoms with van der Waals surface area (Å²) in [6.07, 6.45) is 10.9. The van der Waals surface area contributed by atoms with Crippen LogP contribution in [0.25, 0.3) is 0 Å². The maximum Gasteiger partial charge on any atom is 0.225 e. The molecule has 0 bridgehead atoms. The van der Waals surface area contributed by atoms with Crippen molar-refractivity contribution in [2.24, 2.45) is 17.6 Å². The Morgan fingerprint density at radius 2 is 1.53 bits per heavy atom. The van der Waals surface area contributed by atoms with Crippen molar-refractivity contribution in [3.63, 3.8) is 0 Å². The first-order valence-corrected chi connectivity index (χ1v) is 8.23. The van der Waals surface area contributed by atoms with E-state index in [4.69, 9.17) is 5.73 Å². The summed E-state index contributed by atoms with van der Waals surface area (Å²) in [5, 5.41) is 0. The minimum atomic E-state index is 0.277. The van der Waals surface area contributed by atoms with Crippen molar-refractivity contribution in [3.05, 3.63) is 0 Å². The second-order valence-electron chi connectivity index (χ2n) is 6.56. The van der Waals surface area contributed by atoms with E-state index in [0.717, 1.165) is 38.8 Å². The molecule has 19 heavy (non-hydrogen) atoms. The average molecular weight is 266 g/mol. The number of hydrogen-bond acceptors (Lipinski definition) is 2. The van der Waals surface area contributed by atoms with Gasteiger partial charge < -0.3 is 10.6 Å². The Balaban J connectivity index is 1.82. The van der Waals surface area contributed by atoms with Crippen molar-refractivity contribution in [1.29, 1.82) is 0 Å². The summed E-state index contributed by atoms with van der Waals surface area (Å²) < 4.78 is 0. The number of rotatable bonds is 2. The lowest BCUT2D eigenvalue weighted by atomic mass is 9.87. The summed E-state index contributed by atoms with van der Waals surface area (Å²) in [5.74, 6) is 1.36. The van der Waals surface area contributed by atoms with E-state index in [1.165, 1.54) is 32.1 Å². The molecule has 1 amide bonds. The molecule has 0 spiro atoms. The minimum Gasteiger partial charge on any atom is -0.342 e. The number of nitrogens with zero attached hydrogens (tertiary/aromatic N) is 1. The van der Waals surface area contributed by atoms with E-state index in [1.807, 2.05) is 0 Å². The SMILES string of the molecule is CC(N)C1CCN(C(=O)C2CCCCCCC2)CC1.